The number of rotatable bonds is 5. The van der Waals surface area contributed by atoms with Crippen LogP contribution in [0.2, 0.25) is 0 Å². The molecule has 2 heterocycles. The van der Waals surface area contributed by atoms with E-state index in [1.165, 1.54) is 0 Å². The second kappa shape index (κ2) is 7.41. The summed E-state index contributed by atoms with van der Waals surface area (Å²) in [5.74, 6) is -0.887. The average molecular weight is 422 g/mol. The van der Waals surface area contributed by atoms with Gasteiger partial charge in [0.2, 0.25) is 5.76 Å². The number of benzene rings is 1. The van der Waals surface area contributed by atoms with Crippen molar-refractivity contribution in [3.05, 3.63) is 56.4 Å². The van der Waals surface area contributed by atoms with Gasteiger partial charge in [-0.3, -0.25) is 4.79 Å². The first-order valence-electron chi connectivity index (χ1n) is 7.64. The fourth-order valence-corrected chi connectivity index (χ4v) is 3.57. The number of thiophene rings is 1. The Morgan fingerprint density at radius 3 is 2.88 bits per heavy atom. The Labute approximate surface area is 157 Å². The lowest BCUT2D eigenvalue weighted by Gasteiger charge is -2.12. The van der Waals surface area contributed by atoms with Crippen molar-refractivity contribution < 1.29 is 18.7 Å². The van der Waals surface area contributed by atoms with E-state index in [9.17, 15) is 9.59 Å². The van der Waals surface area contributed by atoms with Crippen molar-refractivity contribution >= 4 is 50.1 Å². The van der Waals surface area contributed by atoms with Crippen LogP contribution in [-0.2, 0) is 9.53 Å². The van der Waals surface area contributed by atoms with Gasteiger partial charge in [0.1, 0.15) is 5.58 Å². The first kappa shape index (κ1) is 17.7. The molecule has 7 heteroatoms. The highest BCUT2D eigenvalue weighted by molar-refractivity contribution is 9.10. The van der Waals surface area contributed by atoms with E-state index in [4.69, 9.17) is 9.15 Å². The third-order valence-electron chi connectivity index (χ3n) is 3.77. The number of esters is 1. The summed E-state index contributed by atoms with van der Waals surface area (Å²) in [7, 11) is 0. The Hall–Kier alpha value is -2.12. The van der Waals surface area contributed by atoms with Gasteiger partial charge in [-0.05, 0) is 43.5 Å². The van der Waals surface area contributed by atoms with Gasteiger partial charge in [-0.1, -0.05) is 22.0 Å². The van der Waals surface area contributed by atoms with Crippen molar-refractivity contribution in [3.8, 4) is 0 Å². The van der Waals surface area contributed by atoms with Crippen LogP contribution in [0.15, 0.2) is 44.6 Å². The minimum atomic E-state index is -0.649. The summed E-state index contributed by atoms with van der Waals surface area (Å²) >= 11 is 4.95. The van der Waals surface area contributed by atoms with Gasteiger partial charge in [0.15, 0.2) is 6.61 Å². The standard InChI is InChI=1S/C18H16BrNO4S/c1-10-13-8-12(19)5-6-14(13)24-17(10)18(22)23-9-16(21)20-11(2)15-4-3-7-25-15/h3-8,11H,9H2,1-2H3,(H,20,21). The molecule has 0 spiro atoms. The molecule has 1 amide bonds. The van der Waals surface area contributed by atoms with Gasteiger partial charge in [-0.2, -0.15) is 0 Å². The molecule has 0 saturated carbocycles. The average Bonchev–Trinajstić information content (AvgIpc) is 3.22. The van der Waals surface area contributed by atoms with Crippen LogP contribution in [0.4, 0.5) is 0 Å². The quantitative estimate of drug-likeness (QED) is 0.611. The molecule has 2 aromatic heterocycles. The van der Waals surface area contributed by atoms with Gasteiger partial charge in [0.25, 0.3) is 5.91 Å². The van der Waals surface area contributed by atoms with Crippen molar-refractivity contribution in [3.63, 3.8) is 0 Å². The molecule has 25 heavy (non-hydrogen) atoms. The number of fused-ring (bicyclic) bond motifs is 1. The summed E-state index contributed by atoms with van der Waals surface area (Å²) in [6.07, 6.45) is 0. The molecule has 0 aliphatic heterocycles. The van der Waals surface area contributed by atoms with Crippen molar-refractivity contribution in [2.24, 2.45) is 0 Å². The molecular formula is C18H16BrNO4S. The molecule has 1 N–H and O–H groups in total. The third-order valence-corrected chi connectivity index (χ3v) is 5.31. The Morgan fingerprint density at radius 1 is 1.36 bits per heavy atom. The summed E-state index contributed by atoms with van der Waals surface area (Å²) in [5.41, 5.74) is 1.29. The molecule has 130 valence electrons. The molecule has 3 rings (SSSR count). The zero-order valence-corrected chi connectivity index (χ0v) is 16.1. The van der Waals surface area contributed by atoms with Crippen molar-refractivity contribution in [2.75, 3.05) is 6.61 Å². The highest BCUT2D eigenvalue weighted by Gasteiger charge is 2.20. The van der Waals surface area contributed by atoms with E-state index in [0.717, 1.165) is 14.7 Å². The minimum Gasteiger partial charge on any atom is -0.450 e. The molecule has 1 aromatic carbocycles. The normalized spacial score (nSPS) is 12.1. The van der Waals surface area contributed by atoms with Crippen LogP contribution in [0, 0.1) is 6.92 Å². The van der Waals surface area contributed by atoms with Crippen LogP contribution in [-0.4, -0.2) is 18.5 Å². The number of carbonyl (C=O) groups is 2. The molecule has 1 unspecified atom stereocenters. The summed E-state index contributed by atoms with van der Waals surface area (Å²) in [6, 6.07) is 9.22. The van der Waals surface area contributed by atoms with Crippen LogP contribution in [0.5, 0.6) is 0 Å². The summed E-state index contributed by atoms with van der Waals surface area (Å²) in [5, 5.41) is 5.57. The summed E-state index contributed by atoms with van der Waals surface area (Å²) in [4.78, 5) is 25.2. The number of hydrogen-bond donors (Lipinski definition) is 1. The summed E-state index contributed by atoms with van der Waals surface area (Å²) < 4.78 is 11.6. The van der Waals surface area contributed by atoms with Crippen LogP contribution >= 0.6 is 27.3 Å². The zero-order valence-electron chi connectivity index (χ0n) is 13.7. The number of aryl methyl sites for hydroxylation is 1. The van der Waals surface area contributed by atoms with Crippen molar-refractivity contribution in [2.45, 2.75) is 19.9 Å². The van der Waals surface area contributed by atoms with Gasteiger partial charge in [-0.15, -0.1) is 11.3 Å². The Balaban J connectivity index is 1.63. The first-order valence-corrected chi connectivity index (χ1v) is 9.31. The van der Waals surface area contributed by atoms with E-state index in [2.05, 4.69) is 21.2 Å². The number of halogens is 1. The van der Waals surface area contributed by atoms with E-state index in [-0.39, 0.29) is 24.3 Å². The molecule has 0 bridgehead atoms. The number of furan rings is 1. The lowest BCUT2D eigenvalue weighted by atomic mass is 10.1. The van der Waals surface area contributed by atoms with E-state index >= 15 is 0 Å². The highest BCUT2D eigenvalue weighted by atomic mass is 79.9. The van der Waals surface area contributed by atoms with E-state index < -0.39 is 5.97 Å². The molecular weight excluding hydrogens is 406 g/mol. The fraction of sp³-hybridized carbons (Fsp3) is 0.222. The lowest BCUT2D eigenvalue weighted by molar-refractivity contribution is -0.124. The predicted octanol–water partition coefficient (Wildman–Crippen LogP) is 4.60. The number of carbonyl (C=O) groups excluding carboxylic acids is 2. The smallest absolute Gasteiger partial charge is 0.375 e. The van der Waals surface area contributed by atoms with Crippen molar-refractivity contribution in [1.29, 1.82) is 0 Å². The second-order valence-electron chi connectivity index (χ2n) is 5.58. The van der Waals surface area contributed by atoms with E-state index in [1.807, 2.05) is 36.6 Å². The van der Waals surface area contributed by atoms with E-state index in [0.29, 0.717) is 11.1 Å². The molecule has 3 aromatic rings. The largest absolute Gasteiger partial charge is 0.450 e. The second-order valence-corrected chi connectivity index (χ2v) is 7.47. The SMILES string of the molecule is Cc1c(C(=O)OCC(=O)NC(C)c2cccs2)oc2ccc(Br)cc12. The molecule has 0 aliphatic carbocycles. The van der Waals surface area contributed by atoms with Crippen molar-refractivity contribution in [1.82, 2.24) is 5.32 Å². The molecule has 0 radical (unpaired) electrons. The topological polar surface area (TPSA) is 68.5 Å². The van der Waals surface area contributed by atoms with Crippen LogP contribution in [0.1, 0.15) is 34.0 Å². The maximum absolute atomic E-state index is 12.2. The molecule has 0 fully saturated rings. The Bertz CT molecular complexity index is 917. The van der Waals surface area contributed by atoms with Gasteiger partial charge >= 0.3 is 5.97 Å². The number of nitrogens with one attached hydrogen (secondary N) is 1. The third kappa shape index (κ3) is 3.93. The highest BCUT2D eigenvalue weighted by Crippen LogP contribution is 2.28. The molecule has 0 aliphatic rings. The van der Waals surface area contributed by atoms with Crippen LogP contribution in [0.25, 0.3) is 11.0 Å². The summed E-state index contributed by atoms with van der Waals surface area (Å²) in [6.45, 7) is 3.31. The number of amides is 1. The maximum Gasteiger partial charge on any atom is 0.375 e. The Morgan fingerprint density at radius 2 is 2.16 bits per heavy atom. The monoisotopic (exact) mass is 421 g/mol. The first-order chi connectivity index (χ1) is 12.0. The Kier molecular flexibility index (Phi) is 5.24. The molecule has 0 saturated heterocycles. The molecule has 5 nitrogen and oxygen atoms in total. The van der Waals surface area contributed by atoms with Crippen LogP contribution in [0.3, 0.4) is 0 Å². The molecule has 1 atom stereocenters. The van der Waals surface area contributed by atoms with Gasteiger partial charge in [0, 0.05) is 20.3 Å². The maximum atomic E-state index is 12.2. The van der Waals surface area contributed by atoms with Gasteiger partial charge in [-0.25, -0.2) is 4.79 Å². The van der Waals surface area contributed by atoms with Crippen LogP contribution < -0.4 is 5.32 Å². The number of ether oxygens (including phenoxy) is 1. The predicted molar refractivity (Wildman–Crippen MR) is 99.8 cm³/mol. The number of hydrogen-bond acceptors (Lipinski definition) is 5. The fourth-order valence-electron chi connectivity index (χ4n) is 2.48. The zero-order chi connectivity index (χ0) is 18.0. The van der Waals surface area contributed by atoms with Gasteiger partial charge in [0.05, 0.1) is 6.04 Å². The minimum absolute atomic E-state index is 0.118. The van der Waals surface area contributed by atoms with Gasteiger partial charge < -0.3 is 14.5 Å². The van der Waals surface area contributed by atoms with E-state index in [1.54, 1.807) is 24.3 Å². The lowest BCUT2D eigenvalue weighted by Crippen LogP contribution is -2.30.